The van der Waals surface area contributed by atoms with Crippen LogP contribution in [0, 0.1) is 13.8 Å². The van der Waals surface area contributed by atoms with Gasteiger partial charge >= 0.3 is 0 Å². The second-order valence-corrected chi connectivity index (χ2v) is 6.15. The molecule has 0 saturated heterocycles. The van der Waals surface area contributed by atoms with Gasteiger partial charge < -0.3 is 5.32 Å². The molecule has 2 rings (SSSR count). The summed E-state index contributed by atoms with van der Waals surface area (Å²) in [5.41, 5.74) is 4.13. The third-order valence-corrected chi connectivity index (χ3v) is 4.49. The molecule has 1 heterocycles. The van der Waals surface area contributed by atoms with Gasteiger partial charge in [0.05, 0.1) is 0 Å². The lowest BCUT2D eigenvalue weighted by Crippen LogP contribution is -2.20. The van der Waals surface area contributed by atoms with E-state index >= 15 is 0 Å². The molecule has 2 heteroatoms. The molecule has 1 nitrogen and oxygen atoms in total. The SMILES string of the molecule is CCCC(NCc1ccc(C)cc1C)c1cccs1. The first-order chi connectivity index (χ1) is 9.20. The zero-order valence-electron chi connectivity index (χ0n) is 12.1. The maximum atomic E-state index is 3.71. The van der Waals surface area contributed by atoms with E-state index in [4.69, 9.17) is 0 Å². The molecule has 1 atom stereocenters. The van der Waals surface area contributed by atoms with Gasteiger partial charge in [-0.3, -0.25) is 0 Å². The summed E-state index contributed by atoms with van der Waals surface area (Å²) < 4.78 is 0. The van der Waals surface area contributed by atoms with Crippen LogP contribution in [-0.2, 0) is 6.54 Å². The fourth-order valence-electron chi connectivity index (χ4n) is 2.40. The van der Waals surface area contributed by atoms with Crippen LogP contribution < -0.4 is 5.32 Å². The van der Waals surface area contributed by atoms with Crippen molar-refractivity contribution < 1.29 is 0 Å². The van der Waals surface area contributed by atoms with Gasteiger partial charge in [0.25, 0.3) is 0 Å². The first kappa shape index (κ1) is 14.3. The molecule has 0 spiro atoms. The molecule has 0 aliphatic carbocycles. The number of nitrogens with one attached hydrogen (secondary N) is 1. The molecule has 0 amide bonds. The minimum Gasteiger partial charge on any atom is -0.305 e. The molecule has 1 N–H and O–H groups in total. The van der Waals surface area contributed by atoms with E-state index in [-0.39, 0.29) is 0 Å². The summed E-state index contributed by atoms with van der Waals surface area (Å²) in [6, 6.07) is 11.6. The van der Waals surface area contributed by atoms with Gasteiger partial charge in [-0.15, -0.1) is 11.3 Å². The summed E-state index contributed by atoms with van der Waals surface area (Å²) in [4.78, 5) is 1.45. The molecule has 0 radical (unpaired) electrons. The average Bonchev–Trinajstić information content (AvgIpc) is 2.90. The van der Waals surface area contributed by atoms with Gasteiger partial charge in [0.2, 0.25) is 0 Å². The minimum absolute atomic E-state index is 0.491. The lowest BCUT2D eigenvalue weighted by molar-refractivity contribution is 0.500. The Hall–Kier alpha value is -1.12. The highest BCUT2D eigenvalue weighted by Crippen LogP contribution is 2.24. The van der Waals surface area contributed by atoms with Gasteiger partial charge in [0, 0.05) is 17.5 Å². The van der Waals surface area contributed by atoms with Crippen LogP contribution >= 0.6 is 11.3 Å². The van der Waals surface area contributed by atoms with E-state index in [0.29, 0.717) is 6.04 Å². The second kappa shape index (κ2) is 6.88. The normalized spacial score (nSPS) is 12.6. The van der Waals surface area contributed by atoms with Crippen LogP contribution in [0.15, 0.2) is 35.7 Å². The molecule has 102 valence electrons. The summed E-state index contributed by atoms with van der Waals surface area (Å²) >= 11 is 1.85. The van der Waals surface area contributed by atoms with Crippen LogP contribution in [0.25, 0.3) is 0 Å². The molecule has 1 aromatic carbocycles. The fourth-order valence-corrected chi connectivity index (χ4v) is 3.24. The zero-order chi connectivity index (χ0) is 13.7. The molecule has 19 heavy (non-hydrogen) atoms. The Bertz CT molecular complexity index is 502. The molecular weight excluding hydrogens is 250 g/mol. The number of thiophene rings is 1. The van der Waals surface area contributed by atoms with Crippen LogP contribution in [0.1, 0.15) is 47.4 Å². The Morgan fingerprint density at radius 3 is 2.68 bits per heavy atom. The van der Waals surface area contributed by atoms with Crippen molar-refractivity contribution in [3.63, 3.8) is 0 Å². The van der Waals surface area contributed by atoms with E-state index in [0.717, 1.165) is 6.54 Å². The van der Waals surface area contributed by atoms with Crippen molar-refractivity contribution in [1.29, 1.82) is 0 Å². The third kappa shape index (κ3) is 3.92. The van der Waals surface area contributed by atoms with Crippen molar-refractivity contribution >= 4 is 11.3 Å². The van der Waals surface area contributed by atoms with Crippen molar-refractivity contribution in [2.45, 2.75) is 46.2 Å². The minimum atomic E-state index is 0.491. The molecule has 0 fully saturated rings. The van der Waals surface area contributed by atoms with Crippen molar-refractivity contribution in [2.75, 3.05) is 0 Å². The van der Waals surface area contributed by atoms with E-state index in [1.54, 1.807) is 0 Å². The highest BCUT2D eigenvalue weighted by atomic mass is 32.1. The van der Waals surface area contributed by atoms with Gasteiger partial charge in [-0.05, 0) is 42.8 Å². The number of benzene rings is 1. The van der Waals surface area contributed by atoms with Gasteiger partial charge in [0.15, 0.2) is 0 Å². The summed E-state index contributed by atoms with van der Waals surface area (Å²) in [6.45, 7) is 7.55. The number of hydrogen-bond acceptors (Lipinski definition) is 2. The van der Waals surface area contributed by atoms with E-state index < -0.39 is 0 Å². The van der Waals surface area contributed by atoms with Crippen molar-refractivity contribution in [3.05, 3.63) is 57.3 Å². The first-order valence-corrected chi connectivity index (χ1v) is 7.91. The Kier molecular flexibility index (Phi) is 5.17. The van der Waals surface area contributed by atoms with E-state index in [2.05, 4.69) is 61.8 Å². The summed E-state index contributed by atoms with van der Waals surface area (Å²) in [5, 5.41) is 5.87. The molecule has 0 aliphatic rings. The lowest BCUT2D eigenvalue weighted by Gasteiger charge is -2.18. The highest BCUT2D eigenvalue weighted by Gasteiger charge is 2.11. The molecule has 1 aromatic heterocycles. The van der Waals surface area contributed by atoms with Gasteiger partial charge in [-0.25, -0.2) is 0 Å². The van der Waals surface area contributed by atoms with Crippen LogP contribution in [0.2, 0.25) is 0 Å². The van der Waals surface area contributed by atoms with Gasteiger partial charge in [0.1, 0.15) is 0 Å². The zero-order valence-corrected chi connectivity index (χ0v) is 12.9. The van der Waals surface area contributed by atoms with Crippen molar-refractivity contribution in [1.82, 2.24) is 5.32 Å². The van der Waals surface area contributed by atoms with Gasteiger partial charge in [-0.2, -0.15) is 0 Å². The quantitative estimate of drug-likeness (QED) is 0.781. The maximum absolute atomic E-state index is 3.71. The van der Waals surface area contributed by atoms with Crippen LogP contribution in [0.4, 0.5) is 0 Å². The molecule has 0 bridgehead atoms. The van der Waals surface area contributed by atoms with Crippen LogP contribution in [-0.4, -0.2) is 0 Å². The van der Waals surface area contributed by atoms with E-state index in [1.807, 2.05) is 11.3 Å². The Morgan fingerprint density at radius 1 is 1.21 bits per heavy atom. The smallest absolute Gasteiger partial charge is 0.0417 e. The molecule has 0 saturated carbocycles. The highest BCUT2D eigenvalue weighted by molar-refractivity contribution is 7.10. The van der Waals surface area contributed by atoms with Crippen molar-refractivity contribution in [2.24, 2.45) is 0 Å². The Labute approximate surface area is 120 Å². The van der Waals surface area contributed by atoms with Crippen molar-refractivity contribution in [3.8, 4) is 0 Å². The van der Waals surface area contributed by atoms with Crippen LogP contribution in [0.5, 0.6) is 0 Å². The molecule has 1 unspecified atom stereocenters. The number of aryl methyl sites for hydroxylation is 2. The summed E-state index contributed by atoms with van der Waals surface area (Å²) in [6.07, 6.45) is 2.41. The maximum Gasteiger partial charge on any atom is 0.0417 e. The fraction of sp³-hybridized carbons (Fsp3) is 0.412. The largest absolute Gasteiger partial charge is 0.305 e. The predicted octanol–water partition coefficient (Wildman–Crippen LogP) is 5.00. The third-order valence-electron chi connectivity index (χ3n) is 3.50. The monoisotopic (exact) mass is 273 g/mol. The predicted molar refractivity (Wildman–Crippen MR) is 84.7 cm³/mol. The molecule has 0 aliphatic heterocycles. The average molecular weight is 273 g/mol. The lowest BCUT2D eigenvalue weighted by atomic mass is 10.0. The van der Waals surface area contributed by atoms with Gasteiger partial charge in [-0.1, -0.05) is 43.2 Å². The van der Waals surface area contributed by atoms with E-state index in [9.17, 15) is 0 Å². The Balaban J connectivity index is 2.02. The summed E-state index contributed by atoms with van der Waals surface area (Å²) in [5.74, 6) is 0. The topological polar surface area (TPSA) is 12.0 Å². The Morgan fingerprint density at radius 2 is 2.05 bits per heavy atom. The standard InChI is InChI=1S/C17H23NS/c1-4-6-16(17-7-5-10-19-17)18-12-15-9-8-13(2)11-14(15)3/h5,7-11,16,18H,4,6,12H2,1-3H3. The van der Waals surface area contributed by atoms with Crippen LogP contribution in [0.3, 0.4) is 0 Å². The van der Waals surface area contributed by atoms with E-state index in [1.165, 1.54) is 34.4 Å². The second-order valence-electron chi connectivity index (χ2n) is 5.17. The molecule has 2 aromatic rings. The number of rotatable bonds is 6. The number of hydrogen-bond donors (Lipinski definition) is 1. The molecular formula is C17H23NS. The summed E-state index contributed by atoms with van der Waals surface area (Å²) in [7, 11) is 0. The first-order valence-electron chi connectivity index (χ1n) is 7.03.